The van der Waals surface area contributed by atoms with E-state index in [-0.39, 0.29) is 53.8 Å². The fourth-order valence-electron chi connectivity index (χ4n) is 4.45. The fraction of sp³-hybridized carbons (Fsp3) is 0.133. The van der Waals surface area contributed by atoms with E-state index in [2.05, 4.69) is 0 Å². The van der Waals surface area contributed by atoms with E-state index in [0.717, 1.165) is 11.1 Å². The van der Waals surface area contributed by atoms with Crippen LogP contribution >= 0.6 is 0 Å². The third-order valence-corrected chi connectivity index (χ3v) is 6.46. The minimum Gasteiger partial charge on any atom is -0.508 e. The Bertz CT molecular complexity index is 1290. The van der Waals surface area contributed by atoms with E-state index in [1.807, 2.05) is 0 Å². The molecule has 0 saturated heterocycles. The van der Waals surface area contributed by atoms with Gasteiger partial charge in [0.15, 0.2) is 11.6 Å². The molecule has 0 radical (unpaired) electrons. The number of carbonyl (C=O) groups is 2. The van der Waals surface area contributed by atoms with Crippen LogP contribution in [0.25, 0.3) is 0 Å². The third kappa shape index (κ3) is 5.39. The first-order valence-corrected chi connectivity index (χ1v) is 11.5. The molecule has 6 nitrogen and oxygen atoms in total. The molecule has 182 valence electrons. The number of aromatic hydroxyl groups is 4. The topological polar surface area (TPSA) is 115 Å². The molecule has 0 unspecified atom stereocenters. The van der Waals surface area contributed by atoms with Crippen molar-refractivity contribution >= 4 is 11.6 Å². The summed E-state index contributed by atoms with van der Waals surface area (Å²) in [5, 5.41) is 39.0. The van der Waals surface area contributed by atoms with Crippen molar-refractivity contribution in [3.63, 3.8) is 0 Å². The molecule has 0 aliphatic rings. The van der Waals surface area contributed by atoms with Gasteiger partial charge in [-0.15, -0.1) is 0 Å². The molecular weight excluding hydrogens is 456 g/mol. The van der Waals surface area contributed by atoms with Crippen LogP contribution in [0.2, 0.25) is 0 Å². The molecule has 36 heavy (non-hydrogen) atoms. The highest BCUT2D eigenvalue weighted by molar-refractivity contribution is 5.98. The van der Waals surface area contributed by atoms with Crippen LogP contribution in [0.5, 0.6) is 23.0 Å². The smallest absolute Gasteiger partial charge is 0.164 e. The van der Waals surface area contributed by atoms with Crippen molar-refractivity contribution < 1.29 is 30.0 Å². The lowest BCUT2D eigenvalue weighted by Crippen LogP contribution is -2.32. The number of benzene rings is 4. The zero-order valence-electron chi connectivity index (χ0n) is 19.5. The van der Waals surface area contributed by atoms with Gasteiger partial charge in [0, 0.05) is 29.4 Å². The van der Waals surface area contributed by atoms with E-state index in [9.17, 15) is 30.0 Å². The molecule has 0 aliphatic heterocycles. The van der Waals surface area contributed by atoms with Crippen molar-refractivity contribution in [2.24, 2.45) is 0 Å². The maximum Gasteiger partial charge on any atom is 0.164 e. The van der Waals surface area contributed by atoms with Crippen molar-refractivity contribution in [1.82, 2.24) is 0 Å². The van der Waals surface area contributed by atoms with Crippen molar-refractivity contribution in [3.05, 3.63) is 119 Å². The number of Topliss-reactive ketones (excluding diaryl/α,β-unsaturated/α-hetero) is 2. The maximum absolute atomic E-state index is 13.5. The molecule has 0 bridgehead atoms. The monoisotopic (exact) mass is 482 g/mol. The zero-order valence-corrected chi connectivity index (χ0v) is 19.5. The second-order valence-corrected chi connectivity index (χ2v) is 8.79. The second-order valence-electron chi connectivity index (χ2n) is 8.79. The molecule has 0 aliphatic carbocycles. The second kappa shape index (κ2) is 10.4. The lowest BCUT2D eigenvalue weighted by Gasteiger charge is -2.35. The van der Waals surface area contributed by atoms with Crippen LogP contribution in [0.15, 0.2) is 97.1 Å². The Morgan fingerprint density at radius 3 is 1.22 bits per heavy atom. The molecule has 4 aromatic carbocycles. The van der Waals surface area contributed by atoms with E-state index < -0.39 is 5.41 Å². The minimum absolute atomic E-state index is 0.0101. The molecular formula is C30H26O6. The van der Waals surface area contributed by atoms with Gasteiger partial charge in [0.2, 0.25) is 0 Å². The van der Waals surface area contributed by atoms with E-state index >= 15 is 0 Å². The summed E-state index contributed by atoms with van der Waals surface area (Å²) >= 11 is 0. The number of hydrogen-bond acceptors (Lipinski definition) is 6. The molecule has 0 fully saturated rings. The zero-order chi connectivity index (χ0) is 25.7. The van der Waals surface area contributed by atoms with E-state index in [0.29, 0.717) is 11.1 Å². The molecule has 4 aromatic rings. The average Bonchev–Trinajstić information content (AvgIpc) is 2.88. The SMILES string of the molecule is O=C(CCC(CC(=O)c1ccc(O)cc1)(c1ccc(O)cc1)c1ccc(O)cc1)c1ccc(O)cc1. The van der Waals surface area contributed by atoms with Gasteiger partial charge in [-0.3, -0.25) is 9.59 Å². The number of hydrogen-bond donors (Lipinski definition) is 4. The van der Waals surface area contributed by atoms with E-state index in [4.69, 9.17) is 0 Å². The lowest BCUT2D eigenvalue weighted by atomic mass is 9.67. The highest BCUT2D eigenvalue weighted by Crippen LogP contribution is 2.42. The van der Waals surface area contributed by atoms with Crippen LogP contribution < -0.4 is 0 Å². The van der Waals surface area contributed by atoms with Crippen molar-refractivity contribution in [1.29, 1.82) is 0 Å². The molecule has 0 aromatic heterocycles. The highest BCUT2D eigenvalue weighted by Gasteiger charge is 2.37. The average molecular weight is 483 g/mol. The largest absolute Gasteiger partial charge is 0.508 e. The summed E-state index contributed by atoms with van der Waals surface area (Å²) in [4.78, 5) is 26.6. The summed E-state index contributed by atoms with van der Waals surface area (Å²) in [7, 11) is 0. The van der Waals surface area contributed by atoms with Crippen LogP contribution in [0.4, 0.5) is 0 Å². The van der Waals surface area contributed by atoms with Gasteiger partial charge in [-0.25, -0.2) is 0 Å². The Hall–Kier alpha value is -4.58. The summed E-state index contributed by atoms with van der Waals surface area (Å²) in [6.45, 7) is 0. The molecule has 4 N–H and O–H groups in total. The Kier molecular flexibility index (Phi) is 7.06. The Morgan fingerprint density at radius 1 is 0.500 bits per heavy atom. The van der Waals surface area contributed by atoms with Crippen molar-refractivity contribution in [3.8, 4) is 23.0 Å². The van der Waals surface area contributed by atoms with Crippen LogP contribution in [0, 0.1) is 0 Å². The van der Waals surface area contributed by atoms with Gasteiger partial charge in [-0.05, 0) is 90.3 Å². The van der Waals surface area contributed by atoms with E-state index in [1.54, 1.807) is 48.5 Å². The molecule has 0 saturated carbocycles. The Balaban J connectivity index is 1.78. The van der Waals surface area contributed by atoms with Gasteiger partial charge in [0.1, 0.15) is 23.0 Å². The Labute approximate surface area is 208 Å². The predicted octanol–water partition coefficient (Wildman–Crippen LogP) is 5.73. The van der Waals surface area contributed by atoms with Crippen LogP contribution in [-0.2, 0) is 5.41 Å². The summed E-state index contributed by atoms with van der Waals surface area (Å²) in [5.74, 6) is -0.0722. The predicted molar refractivity (Wildman–Crippen MR) is 136 cm³/mol. The number of phenols is 4. The molecule has 6 heteroatoms. The van der Waals surface area contributed by atoms with Crippen LogP contribution in [-0.4, -0.2) is 32.0 Å². The Morgan fingerprint density at radius 2 is 0.833 bits per heavy atom. The normalized spacial score (nSPS) is 11.2. The summed E-state index contributed by atoms with van der Waals surface area (Å²) < 4.78 is 0. The fourth-order valence-corrected chi connectivity index (χ4v) is 4.45. The number of ketones is 2. The van der Waals surface area contributed by atoms with Gasteiger partial charge >= 0.3 is 0 Å². The van der Waals surface area contributed by atoms with Gasteiger partial charge in [-0.1, -0.05) is 24.3 Å². The molecule has 4 rings (SSSR count). The molecule has 0 heterocycles. The van der Waals surface area contributed by atoms with Crippen LogP contribution in [0.3, 0.4) is 0 Å². The lowest BCUT2D eigenvalue weighted by molar-refractivity contribution is 0.0927. The molecule has 0 atom stereocenters. The van der Waals surface area contributed by atoms with Crippen LogP contribution in [0.1, 0.15) is 51.1 Å². The van der Waals surface area contributed by atoms with Crippen molar-refractivity contribution in [2.45, 2.75) is 24.7 Å². The third-order valence-electron chi connectivity index (χ3n) is 6.46. The minimum atomic E-state index is -0.955. The highest BCUT2D eigenvalue weighted by atomic mass is 16.3. The first kappa shape index (κ1) is 24.5. The standard InChI is InChI=1S/C30H26O6/c31-24-9-1-20(2-10-24)28(35)17-18-30(22-5-13-26(33)14-6-22,23-7-15-27(34)16-8-23)19-29(36)21-3-11-25(32)12-4-21/h1-16,31-34H,17-19H2. The summed E-state index contributed by atoms with van der Waals surface area (Å²) in [6, 6.07) is 25.1. The molecule has 0 amide bonds. The van der Waals surface area contributed by atoms with Gasteiger partial charge in [0.25, 0.3) is 0 Å². The maximum atomic E-state index is 13.5. The van der Waals surface area contributed by atoms with Crippen molar-refractivity contribution in [2.75, 3.05) is 0 Å². The van der Waals surface area contributed by atoms with Gasteiger partial charge in [-0.2, -0.15) is 0 Å². The number of phenolic OH excluding ortho intramolecular Hbond substituents is 4. The number of carbonyl (C=O) groups excluding carboxylic acids is 2. The van der Waals surface area contributed by atoms with E-state index in [1.165, 1.54) is 48.5 Å². The summed E-state index contributed by atoms with van der Waals surface area (Å²) in [6.07, 6.45) is 0.387. The van der Waals surface area contributed by atoms with Gasteiger partial charge < -0.3 is 20.4 Å². The molecule has 0 spiro atoms. The first-order valence-electron chi connectivity index (χ1n) is 11.5. The summed E-state index contributed by atoms with van der Waals surface area (Å²) in [5.41, 5.74) is 1.37. The number of rotatable bonds is 9. The first-order chi connectivity index (χ1) is 17.3. The van der Waals surface area contributed by atoms with Gasteiger partial charge in [0.05, 0.1) is 0 Å². The quantitative estimate of drug-likeness (QED) is 0.227.